The van der Waals surface area contributed by atoms with Crippen LogP contribution >= 0.6 is 11.6 Å². The molecule has 1 heterocycles. The van der Waals surface area contributed by atoms with E-state index < -0.39 is 0 Å². The molecule has 1 fully saturated rings. The lowest BCUT2D eigenvalue weighted by Crippen LogP contribution is -2.34. The zero-order valence-corrected chi connectivity index (χ0v) is 13.7. The molecule has 1 N–H and O–H groups in total. The van der Waals surface area contributed by atoms with Crippen LogP contribution in [0.15, 0.2) is 18.2 Å². The molecule has 2 aliphatic rings. The van der Waals surface area contributed by atoms with Crippen LogP contribution in [0.5, 0.6) is 5.75 Å². The predicted molar refractivity (Wildman–Crippen MR) is 88.1 cm³/mol. The minimum absolute atomic E-state index is 0.353. The third kappa shape index (κ3) is 3.73. The van der Waals surface area contributed by atoms with Gasteiger partial charge in [0.2, 0.25) is 0 Å². The van der Waals surface area contributed by atoms with Crippen LogP contribution in [0.25, 0.3) is 0 Å². The summed E-state index contributed by atoms with van der Waals surface area (Å²) in [5.41, 5.74) is 1.23. The second-order valence-corrected chi connectivity index (χ2v) is 6.94. The van der Waals surface area contributed by atoms with Crippen LogP contribution in [0, 0.1) is 5.92 Å². The van der Waals surface area contributed by atoms with Crippen molar-refractivity contribution in [1.29, 1.82) is 0 Å². The van der Waals surface area contributed by atoms with E-state index in [0.717, 1.165) is 29.7 Å². The van der Waals surface area contributed by atoms with E-state index >= 15 is 0 Å². The van der Waals surface area contributed by atoms with Gasteiger partial charge in [0.1, 0.15) is 11.9 Å². The molecule has 2 unspecified atom stereocenters. The normalized spacial score (nSPS) is 26.2. The van der Waals surface area contributed by atoms with Crippen LogP contribution in [-0.4, -0.2) is 12.6 Å². The average molecular weight is 308 g/mol. The van der Waals surface area contributed by atoms with Crippen LogP contribution in [0.2, 0.25) is 5.02 Å². The second-order valence-electron chi connectivity index (χ2n) is 6.51. The number of fused-ring (bicyclic) bond motifs is 1. The lowest BCUT2D eigenvalue weighted by molar-refractivity contribution is 0.113. The van der Waals surface area contributed by atoms with E-state index in [9.17, 15) is 0 Å². The van der Waals surface area contributed by atoms with Crippen LogP contribution in [-0.2, 0) is 0 Å². The summed E-state index contributed by atoms with van der Waals surface area (Å²) < 4.78 is 6.27. The average Bonchev–Trinajstić information content (AvgIpc) is 2.49. The Morgan fingerprint density at radius 1 is 1.24 bits per heavy atom. The fourth-order valence-corrected chi connectivity index (χ4v) is 4.08. The summed E-state index contributed by atoms with van der Waals surface area (Å²) in [6.45, 7) is 3.14. The SMILES string of the molecule is CCNC1CC(CC2CCCCC2)Oc2ccc(Cl)cc21. The van der Waals surface area contributed by atoms with Crippen molar-refractivity contribution in [2.75, 3.05) is 6.54 Å². The molecule has 1 aliphatic heterocycles. The summed E-state index contributed by atoms with van der Waals surface area (Å²) in [6, 6.07) is 6.41. The highest BCUT2D eigenvalue weighted by Crippen LogP contribution is 2.39. The first-order chi connectivity index (χ1) is 10.3. The molecule has 1 aromatic rings. The first-order valence-corrected chi connectivity index (χ1v) is 8.83. The largest absolute Gasteiger partial charge is 0.490 e. The van der Waals surface area contributed by atoms with Gasteiger partial charge in [-0.1, -0.05) is 50.6 Å². The van der Waals surface area contributed by atoms with Crippen LogP contribution in [0.3, 0.4) is 0 Å². The molecule has 0 saturated heterocycles. The molecular weight excluding hydrogens is 282 g/mol. The van der Waals surface area contributed by atoms with Gasteiger partial charge in [-0.2, -0.15) is 0 Å². The molecule has 0 radical (unpaired) electrons. The zero-order chi connectivity index (χ0) is 14.7. The summed E-state index contributed by atoms with van der Waals surface area (Å²) in [4.78, 5) is 0. The van der Waals surface area contributed by atoms with Crippen molar-refractivity contribution in [1.82, 2.24) is 5.32 Å². The van der Waals surface area contributed by atoms with E-state index in [1.165, 1.54) is 44.1 Å². The minimum atomic E-state index is 0.353. The molecule has 1 aromatic carbocycles. The van der Waals surface area contributed by atoms with Crippen molar-refractivity contribution in [3.63, 3.8) is 0 Å². The predicted octanol–water partition coefficient (Wildman–Crippen LogP) is 5.11. The Kier molecular flexibility index (Phi) is 5.07. The molecule has 0 spiro atoms. The van der Waals surface area contributed by atoms with Gasteiger partial charge in [-0.15, -0.1) is 0 Å². The summed E-state index contributed by atoms with van der Waals surface area (Å²) in [7, 11) is 0. The smallest absolute Gasteiger partial charge is 0.124 e. The monoisotopic (exact) mass is 307 g/mol. The first-order valence-electron chi connectivity index (χ1n) is 8.45. The van der Waals surface area contributed by atoms with Gasteiger partial charge in [-0.3, -0.25) is 0 Å². The van der Waals surface area contributed by atoms with Crippen LogP contribution < -0.4 is 10.1 Å². The number of benzene rings is 1. The Balaban J connectivity index is 1.72. The molecule has 3 heteroatoms. The zero-order valence-electron chi connectivity index (χ0n) is 12.9. The Hall–Kier alpha value is -0.730. The van der Waals surface area contributed by atoms with Crippen LogP contribution in [0.1, 0.15) is 63.5 Å². The maximum absolute atomic E-state index is 6.27. The Morgan fingerprint density at radius 3 is 2.81 bits per heavy atom. The highest BCUT2D eigenvalue weighted by molar-refractivity contribution is 6.30. The molecule has 2 atom stereocenters. The topological polar surface area (TPSA) is 21.3 Å². The Bertz CT molecular complexity index is 470. The quantitative estimate of drug-likeness (QED) is 0.834. The fourth-order valence-electron chi connectivity index (χ4n) is 3.90. The maximum Gasteiger partial charge on any atom is 0.124 e. The van der Waals surface area contributed by atoms with Crippen molar-refractivity contribution in [2.45, 2.75) is 64.0 Å². The highest BCUT2D eigenvalue weighted by Gasteiger charge is 2.30. The summed E-state index contributed by atoms with van der Waals surface area (Å²) in [6.07, 6.45) is 9.63. The molecule has 1 aliphatic carbocycles. The number of halogens is 1. The van der Waals surface area contributed by atoms with E-state index in [2.05, 4.69) is 18.3 Å². The van der Waals surface area contributed by atoms with Crippen molar-refractivity contribution in [3.8, 4) is 5.75 Å². The third-order valence-electron chi connectivity index (χ3n) is 4.91. The van der Waals surface area contributed by atoms with Gasteiger partial charge in [-0.05, 0) is 37.1 Å². The molecule has 1 saturated carbocycles. The molecule has 3 rings (SSSR count). The van der Waals surface area contributed by atoms with E-state index in [0.29, 0.717) is 12.1 Å². The Morgan fingerprint density at radius 2 is 2.05 bits per heavy atom. The van der Waals surface area contributed by atoms with Crippen molar-refractivity contribution >= 4 is 11.6 Å². The number of rotatable bonds is 4. The molecule has 0 aromatic heterocycles. The summed E-state index contributed by atoms with van der Waals surface area (Å²) >= 11 is 6.15. The summed E-state index contributed by atoms with van der Waals surface area (Å²) in [5.74, 6) is 1.89. The molecule has 0 bridgehead atoms. The number of hydrogen-bond acceptors (Lipinski definition) is 2. The lowest BCUT2D eigenvalue weighted by Gasteiger charge is -2.35. The van der Waals surface area contributed by atoms with Gasteiger partial charge in [0.05, 0.1) is 0 Å². The molecule has 21 heavy (non-hydrogen) atoms. The number of hydrogen-bond donors (Lipinski definition) is 1. The first kappa shape index (κ1) is 15.2. The fraction of sp³-hybridized carbons (Fsp3) is 0.667. The number of nitrogens with one attached hydrogen (secondary N) is 1. The molecule has 116 valence electrons. The second kappa shape index (κ2) is 7.02. The van der Waals surface area contributed by atoms with Crippen molar-refractivity contribution < 1.29 is 4.74 Å². The van der Waals surface area contributed by atoms with Gasteiger partial charge >= 0.3 is 0 Å². The number of ether oxygens (including phenoxy) is 1. The van der Waals surface area contributed by atoms with Crippen molar-refractivity contribution in [2.24, 2.45) is 5.92 Å². The van der Waals surface area contributed by atoms with Gasteiger partial charge in [0.15, 0.2) is 0 Å². The van der Waals surface area contributed by atoms with E-state index in [-0.39, 0.29) is 0 Å². The van der Waals surface area contributed by atoms with E-state index in [1.807, 2.05) is 12.1 Å². The van der Waals surface area contributed by atoms with Gasteiger partial charge in [0, 0.05) is 23.0 Å². The summed E-state index contributed by atoms with van der Waals surface area (Å²) in [5, 5.41) is 4.39. The van der Waals surface area contributed by atoms with E-state index in [4.69, 9.17) is 16.3 Å². The highest BCUT2D eigenvalue weighted by atomic mass is 35.5. The Labute approximate surface area is 133 Å². The lowest BCUT2D eigenvalue weighted by atomic mass is 9.83. The molecular formula is C18H26ClNO. The minimum Gasteiger partial charge on any atom is -0.490 e. The third-order valence-corrected chi connectivity index (χ3v) is 5.15. The van der Waals surface area contributed by atoms with Crippen LogP contribution in [0.4, 0.5) is 0 Å². The standard InChI is InChI=1S/C18H26ClNO/c1-2-20-17-12-15(10-13-6-4-3-5-7-13)21-18-9-8-14(19)11-16(17)18/h8-9,11,13,15,17,20H,2-7,10,12H2,1H3. The molecule has 2 nitrogen and oxygen atoms in total. The van der Waals surface area contributed by atoms with Gasteiger partial charge in [0.25, 0.3) is 0 Å². The van der Waals surface area contributed by atoms with Gasteiger partial charge < -0.3 is 10.1 Å². The molecule has 0 amide bonds. The van der Waals surface area contributed by atoms with Gasteiger partial charge in [-0.25, -0.2) is 0 Å². The van der Waals surface area contributed by atoms with Crippen molar-refractivity contribution in [3.05, 3.63) is 28.8 Å². The van der Waals surface area contributed by atoms with E-state index in [1.54, 1.807) is 0 Å². The maximum atomic E-state index is 6.27.